The van der Waals surface area contributed by atoms with Gasteiger partial charge in [0.25, 0.3) is 5.91 Å². The first kappa shape index (κ1) is 21.6. The average Bonchev–Trinajstić information content (AvgIpc) is 2.73. The molecule has 8 heteroatoms. The highest BCUT2D eigenvalue weighted by atomic mass is 79.9. The number of carbonyl (C=O) groups excluding carboxylic acids is 2. The summed E-state index contributed by atoms with van der Waals surface area (Å²) < 4.78 is 16.7. The minimum absolute atomic E-state index is 0.0637. The maximum Gasteiger partial charge on any atom is 0.349 e. The molecule has 0 spiro atoms. The second kappa shape index (κ2) is 10.1. The summed E-state index contributed by atoms with van der Waals surface area (Å²) in [4.78, 5) is 36.3. The van der Waals surface area contributed by atoms with Gasteiger partial charge >= 0.3 is 11.6 Å². The van der Waals surface area contributed by atoms with Crippen molar-refractivity contribution in [3.05, 3.63) is 69.0 Å². The zero-order valence-electron chi connectivity index (χ0n) is 16.3. The molecule has 0 saturated carbocycles. The smallest absolute Gasteiger partial charge is 0.349 e. The Kier molecular flexibility index (Phi) is 7.24. The summed E-state index contributed by atoms with van der Waals surface area (Å²) in [7, 11) is 0. The van der Waals surface area contributed by atoms with Crippen LogP contribution in [-0.4, -0.2) is 25.0 Å². The molecule has 156 valence electrons. The standard InChI is InChI=1S/C22H20BrNO6/c1-2-3-10-24-21(26)18-11-14-4-7-17(12-19(14)30-22(18)27)29-20(25)13-28-16-8-5-15(23)6-9-16/h4-9,11-12H,2-3,10,13H2,1H3,(H,24,26). The molecule has 1 N–H and O–H groups in total. The van der Waals surface area contributed by atoms with Gasteiger partial charge in [0.05, 0.1) is 0 Å². The molecule has 3 rings (SSSR count). The lowest BCUT2D eigenvalue weighted by Gasteiger charge is -2.08. The SMILES string of the molecule is CCCCNC(=O)c1cc2ccc(OC(=O)COc3ccc(Br)cc3)cc2oc1=O. The second-order valence-corrected chi connectivity index (χ2v) is 7.39. The Morgan fingerprint density at radius 1 is 1.07 bits per heavy atom. The van der Waals surface area contributed by atoms with Crippen molar-refractivity contribution in [1.29, 1.82) is 0 Å². The lowest BCUT2D eigenvalue weighted by Crippen LogP contribution is -2.28. The molecule has 0 aliphatic carbocycles. The zero-order chi connectivity index (χ0) is 21.5. The topological polar surface area (TPSA) is 94.8 Å². The van der Waals surface area contributed by atoms with E-state index in [0.717, 1.165) is 17.3 Å². The van der Waals surface area contributed by atoms with E-state index < -0.39 is 17.5 Å². The predicted octanol–water partition coefficient (Wildman–Crippen LogP) is 4.07. The van der Waals surface area contributed by atoms with Crippen LogP contribution in [0.2, 0.25) is 0 Å². The summed E-state index contributed by atoms with van der Waals surface area (Å²) in [5, 5.41) is 3.23. The molecule has 0 aliphatic rings. The number of halogens is 1. The monoisotopic (exact) mass is 473 g/mol. The summed E-state index contributed by atoms with van der Waals surface area (Å²) in [5.41, 5.74) is -0.603. The number of ether oxygens (including phenoxy) is 2. The molecule has 0 saturated heterocycles. The molecule has 1 amide bonds. The molecular weight excluding hydrogens is 454 g/mol. The van der Waals surface area contributed by atoms with Crippen molar-refractivity contribution in [2.75, 3.05) is 13.2 Å². The third kappa shape index (κ3) is 5.70. The van der Waals surface area contributed by atoms with Gasteiger partial charge in [0.1, 0.15) is 22.6 Å². The maximum absolute atomic E-state index is 12.2. The first-order valence-electron chi connectivity index (χ1n) is 9.41. The van der Waals surface area contributed by atoms with Gasteiger partial charge in [-0.25, -0.2) is 9.59 Å². The molecule has 1 heterocycles. The van der Waals surface area contributed by atoms with Crippen LogP contribution in [0.25, 0.3) is 11.0 Å². The van der Waals surface area contributed by atoms with Crippen molar-refractivity contribution in [3.8, 4) is 11.5 Å². The van der Waals surface area contributed by atoms with Gasteiger partial charge < -0.3 is 19.2 Å². The van der Waals surface area contributed by atoms with Crippen LogP contribution in [0.1, 0.15) is 30.1 Å². The van der Waals surface area contributed by atoms with E-state index in [1.807, 2.05) is 6.92 Å². The fourth-order valence-electron chi connectivity index (χ4n) is 2.62. The second-order valence-electron chi connectivity index (χ2n) is 6.47. The summed E-state index contributed by atoms with van der Waals surface area (Å²) in [6.45, 7) is 2.22. The van der Waals surface area contributed by atoms with E-state index in [1.165, 1.54) is 12.1 Å². The summed E-state index contributed by atoms with van der Waals surface area (Å²) in [6, 6.07) is 13.1. The number of amides is 1. The van der Waals surface area contributed by atoms with Gasteiger partial charge in [0.2, 0.25) is 0 Å². The molecule has 1 aromatic heterocycles. The van der Waals surface area contributed by atoms with E-state index in [4.69, 9.17) is 13.9 Å². The fourth-order valence-corrected chi connectivity index (χ4v) is 2.89. The third-order valence-corrected chi connectivity index (χ3v) is 4.70. The Labute approximate surface area is 181 Å². The van der Waals surface area contributed by atoms with Crippen LogP contribution >= 0.6 is 15.9 Å². The van der Waals surface area contributed by atoms with Crippen LogP contribution in [0.15, 0.2) is 62.2 Å². The largest absolute Gasteiger partial charge is 0.482 e. The lowest BCUT2D eigenvalue weighted by molar-refractivity contribution is -0.136. The van der Waals surface area contributed by atoms with Gasteiger partial charge in [0, 0.05) is 22.5 Å². The number of rotatable bonds is 8. The van der Waals surface area contributed by atoms with E-state index in [1.54, 1.807) is 36.4 Å². The first-order chi connectivity index (χ1) is 14.5. The van der Waals surface area contributed by atoms with Crippen LogP contribution in [0, 0.1) is 0 Å². The Morgan fingerprint density at radius 2 is 1.80 bits per heavy atom. The van der Waals surface area contributed by atoms with Gasteiger partial charge in [-0.15, -0.1) is 0 Å². The zero-order valence-corrected chi connectivity index (χ0v) is 17.9. The highest BCUT2D eigenvalue weighted by molar-refractivity contribution is 9.10. The van der Waals surface area contributed by atoms with E-state index in [-0.39, 0.29) is 23.5 Å². The number of fused-ring (bicyclic) bond motifs is 1. The minimum Gasteiger partial charge on any atom is -0.482 e. The van der Waals surface area contributed by atoms with Gasteiger partial charge in [0.15, 0.2) is 6.61 Å². The third-order valence-electron chi connectivity index (χ3n) is 4.17. The normalized spacial score (nSPS) is 10.6. The minimum atomic E-state index is -0.751. The predicted molar refractivity (Wildman–Crippen MR) is 115 cm³/mol. The molecule has 0 atom stereocenters. The molecule has 30 heavy (non-hydrogen) atoms. The van der Waals surface area contributed by atoms with Gasteiger partial charge in [-0.3, -0.25) is 4.79 Å². The van der Waals surface area contributed by atoms with E-state index in [2.05, 4.69) is 21.2 Å². The van der Waals surface area contributed by atoms with Crippen LogP contribution in [0.3, 0.4) is 0 Å². The van der Waals surface area contributed by atoms with Crippen molar-refractivity contribution < 1.29 is 23.5 Å². The van der Waals surface area contributed by atoms with Crippen molar-refractivity contribution in [3.63, 3.8) is 0 Å². The Hall–Kier alpha value is -3.13. The van der Waals surface area contributed by atoms with Crippen LogP contribution in [-0.2, 0) is 4.79 Å². The highest BCUT2D eigenvalue weighted by Crippen LogP contribution is 2.21. The van der Waals surface area contributed by atoms with Gasteiger partial charge in [-0.2, -0.15) is 0 Å². The number of hydrogen-bond donors (Lipinski definition) is 1. The molecule has 2 aromatic carbocycles. The number of unbranched alkanes of at least 4 members (excludes halogenated alkanes) is 1. The molecule has 0 radical (unpaired) electrons. The van der Waals surface area contributed by atoms with E-state index in [9.17, 15) is 14.4 Å². The average molecular weight is 474 g/mol. The number of nitrogens with one attached hydrogen (secondary N) is 1. The Bertz CT molecular complexity index is 1110. The molecule has 7 nitrogen and oxygen atoms in total. The fraction of sp³-hybridized carbons (Fsp3) is 0.227. The summed E-state index contributed by atoms with van der Waals surface area (Å²) >= 11 is 3.32. The van der Waals surface area contributed by atoms with Crippen LogP contribution in [0.5, 0.6) is 11.5 Å². The lowest BCUT2D eigenvalue weighted by atomic mass is 10.1. The maximum atomic E-state index is 12.2. The number of hydrogen-bond acceptors (Lipinski definition) is 6. The Morgan fingerprint density at radius 3 is 2.53 bits per heavy atom. The summed E-state index contributed by atoms with van der Waals surface area (Å²) in [6.07, 6.45) is 1.76. The number of esters is 1. The molecule has 0 aliphatic heterocycles. The van der Waals surface area contributed by atoms with Gasteiger partial charge in [-0.1, -0.05) is 29.3 Å². The van der Waals surface area contributed by atoms with Crippen molar-refractivity contribution >= 4 is 38.8 Å². The van der Waals surface area contributed by atoms with Crippen LogP contribution < -0.4 is 20.4 Å². The molecule has 0 unspecified atom stereocenters. The molecular formula is C22H20BrNO6. The molecule has 0 bridgehead atoms. The Balaban J connectivity index is 1.66. The van der Waals surface area contributed by atoms with Gasteiger partial charge in [-0.05, 0) is 48.9 Å². The summed E-state index contributed by atoms with van der Waals surface area (Å²) in [5.74, 6) is -0.342. The van der Waals surface area contributed by atoms with Crippen molar-refractivity contribution in [1.82, 2.24) is 5.32 Å². The highest BCUT2D eigenvalue weighted by Gasteiger charge is 2.14. The first-order valence-corrected chi connectivity index (χ1v) is 10.2. The van der Waals surface area contributed by atoms with E-state index >= 15 is 0 Å². The van der Waals surface area contributed by atoms with Crippen molar-refractivity contribution in [2.45, 2.75) is 19.8 Å². The quantitative estimate of drug-likeness (QED) is 0.229. The molecule has 0 fully saturated rings. The van der Waals surface area contributed by atoms with E-state index in [0.29, 0.717) is 17.7 Å². The van der Waals surface area contributed by atoms with Crippen LogP contribution in [0.4, 0.5) is 0 Å². The number of benzene rings is 2. The molecule has 3 aromatic rings. The van der Waals surface area contributed by atoms with Crippen molar-refractivity contribution in [2.24, 2.45) is 0 Å². The number of carbonyl (C=O) groups is 2.